The van der Waals surface area contributed by atoms with Crippen LogP contribution in [0.5, 0.6) is 0 Å². The number of imidazole rings is 1. The van der Waals surface area contributed by atoms with Gasteiger partial charge in [0, 0.05) is 26.7 Å². The van der Waals surface area contributed by atoms with Crippen LogP contribution in [0.2, 0.25) is 15.1 Å². The predicted octanol–water partition coefficient (Wildman–Crippen LogP) is 6.42. The number of hydrogen-bond donors (Lipinski definition) is 3. The first-order valence-electron chi connectivity index (χ1n) is 13.2. The second-order valence-electron chi connectivity index (χ2n) is 11.1. The number of rotatable bonds is 6. The molecule has 7 nitrogen and oxygen atoms in total. The van der Waals surface area contributed by atoms with Gasteiger partial charge in [0.15, 0.2) is 0 Å². The summed E-state index contributed by atoms with van der Waals surface area (Å²) in [6.07, 6.45) is -1.98. The number of aromatic nitrogens is 2. The number of hydrogen-bond acceptors (Lipinski definition) is 5. The number of aryl methyl sites for hydroxylation is 1. The summed E-state index contributed by atoms with van der Waals surface area (Å²) in [5.74, 6) is -0.413. The number of alkyl halides is 3. The van der Waals surface area contributed by atoms with Crippen LogP contribution in [-0.2, 0) is 18.4 Å². The van der Waals surface area contributed by atoms with Crippen LogP contribution < -0.4 is 20.9 Å². The number of piperidine rings is 1. The summed E-state index contributed by atoms with van der Waals surface area (Å²) < 4.78 is 42.0. The summed E-state index contributed by atoms with van der Waals surface area (Å²) in [7, 11) is 1.79. The number of anilines is 3. The van der Waals surface area contributed by atoms with Gasteiger partial charge in [0.2, 0.25) is 11.9 Å². The zero-order valence-electron chi connectivity index (χ0n) is 21.6. The minimum absolute atomic E-state index is 0.0277. The summed E-state index contributed by atoms with van der Waals surface area (Å²) in [5, 5.41) is 10.6. The van der Waals surface area contributed by atoms with Crippen molar-refractivity contribution in [3.8, 4) is 0 Å². The summed E-state index contributed by atoms with van der Waals surface area (Å²) in [6.45, 7) is 1.48. The number of carbonyl (C=O) groups excluding carboxylic acids is 1. The molecule has 3 aromatic rings. The van der Waals surface area contributed by atoms with Gasteiger partial charge in [-0.1, -0.05) is 40.9 Å². The summed E-state index contributed by atoms with van der Waals surface area (Å²) in [6, 6.07) is 6.90. The van der Waals surface area contributed by atoms with Crippen LogP contribution in [0.4, 0.5) is 30.5 Å². The Morgan fingerprint density at radius 2 is 1.98 bits per heavy atom. The summed E-state index contributed by atoms with van der Waals surface area (Å²) in [5.41, 5.74) is 2.47. The van der Waals surface area contributed by atoms with Crippen molar-refractivity contribution in [1.82, 2.24) is 20.2 Å². The van der Waals surface area contributed by atoms with Crippen molar-refractivity contribution < 1.29 is 18.0 Å². The standard InChI is InChI=1S/C27H28Cl3F3N6O/c1-38-21-8-20(39-6-2-3-16(13-39)27(31,32)33)18(29)7-19(21)36-25(38)37-23-17(28)5-4-15(22(23)30)12-34-24(40)26-9-14(10-26)11-35-26/h4-5,7-8,14,16,35H,2-3,6,9-13H2,1H3,(H,34,40)(H,36,37). The molecule has 1 atom stereocenters. The second kappa shape index (κ2) is 10.2. The lowest BCUT2D eigenvalue weighted by molar-refractivity contribution is -0.176. The van der Waals surface area contributed by atoms with Gasteiger partial charge in [-0.25, -0.2) is 4.98 Å². The zero-order valence-corrected chi connectivity index (χ0v) is 23.9. The molecule has 2 aromatic carbocycles. The Labute approximate surface area is 244 Å². The average Bonchev–Trinajstić information content (AvgIpc) is 3.59. The largest absolute Gasteiger partial charge is 0.393 e. The number of nitrogens with zero attached hydrogens (tertiary/aromatic N) is 3. The second-order valence-corrected chi connectivity index (χ2v) is 12.2. The molecule has 214 valence electrons. The molecular formula is C27H28Cl3F3N6O. The summed E-state index contributed by atoms with van der Waals surface area (Å²) in [4.78, 5) is 19.1. The highest BCUT2D eigenvalue weighted by molar-refractivity contribution is 6.39. The first kappa shape index (κ1) is 27.8. The Morgan fingerprint density at radius 3 is 2.67 bits per heavy atom. The fourth-order valence-electron chi connectivity index (χ4n) is 6.14. The number of halogens is 6. The molecule has 3 aliphatic heterocycles. The maximum Gasteiger partial charge on any atom is 0.393 e. The Balaban J connectivity index is 1.23. The SMILES string of the molecule is Cn1c(Nc2c(Cl)ccc(CNC(=O)C34CC(CN3)C4)c2Cl)nc2cc(Cl)c(N3CCCC(C(F)(F)F)C3)cc21. The van der Waals surface area contributed by atoms with E-state index in [4.69, 9.17) is 34.8 Å². The summed E-state index contributed by atoms with van der Waals surface area (Å²) >= 11 is 19.8. The molecule has 3 saturated heterocycles. The molecule has 3 N–H and O–H groups in total. The third-order valence-corrected chi connectivity index (χ3v) is 9.51. The minimum Gasteiger partial charge on any atom is -0.370 e. The first-order chi connectivity index (χ1) is 18.9. The highest BCUT2D eigenvalue weighted by atomic mass is 35.5. The lowest BCUT2D eigenvalue weighted by Crippen LogP contribution is -2.55. The van der Waals surface area contributed by atoms with Crippen molar-refractivity contribution in [3.05, 3.63) is 44.9 Å². The van der Waals surface area contributed by atoms with E-state index >= 15 is 0 Å². The monoisotopic (exact) mass is 614 g/mol. The average molecular weight is 616 g/mol. The smallest absolute Gasteiger partial charge is 0.370 e. The molecule has 0 spiro atoms. The quantitative estimate of drug-likeness (QED) is 0.298. The Hall–Kier alpha value is -2.40. The van der Waals surface area contributed by atoms with E-state index in [2.05, 4.69) is 20.9 Å². The van der Waals surface area contributed by atoms with E-state index in [1.807, 2.05) is 0 Å². The minimum atomic E-state index is -4.25. The molecule has 0 radical (unpaired) electrons. The molecule has 7 rings (SSSR count). The van der Waals surface area contributed by atoms with Gasteiger partial charge in [-0.15, -0.1) is 0 Å². The molecule has 13 heteroatoms. The maximum absolute atomic E-state index is 13.4. The number of benzene rings is 2. The fraction of sp³-hybridized carbons (Fsp3) is 0.481. The van der Waals surface area contributed by atoms with Crippen molar-refractivity contribution in [2.24, 2.45) is 18.9 Å². The number of nitrogens with one attached hydrogen (secondary N) is 3. The molecule has 1 unspecified atom stereocenters. The molecule has 1 aliphatic carbocycles. The van der Waals surface area contributed by atoms with Crippen LogP contribution >= 0.6 is 34.8 Å². The van der Waals surface area contributed by atoms with Gasteiger partial charge in [-0.3, -0.25) is 4.79 Å². The van der Waals surface area contributed by atoms with E-state index in [1.54, 1.807) is 40.8 Å². The van der Waals surface area contributed by atoms with E-state index in [-0.39, 0.29) is 25.4 Å². The third kappa shape index (κ3) is 4.86. The molecule has 4 heterocycles. The molecule has 1 amide bonds. The van der Waals surface area contributed by atoms with Gasteiger partial charge >= 0.3 is 6.18 Å². The molecule has 4 fully saturated rings. The lowest BCUT2D eigenvalue weighted by atomic mass is 9.73. The van der Waals surface area contributed by atoms with Crippen molar-refractivity contribution >= 4 is 69.1 Å². The van der Waals surface area contributed by atoms with Crippen LogP contribution in [-0.4, -0.2) is 46.8 Å². The fourth-order valence-corrected chi connectivity index (χ4v) is 6.95. The highest BCUT2D eigenvalue weighted by Gasteiger charge is 2.55. The van der Waals surface area contributed by atoms with Crippen LogP contribution in [0.3, 0.4) is 0 Å². The van der Waals surface area contributed by atoms with Gasteiger partial charge in [0.1, 0.15) is 0 Å². The lowest BCUT2D eigenvalue weighted by Gasteiger charge is -2.35. The van der Waals surface area contributed by atoms with Crippen molar-refractivity contribution in [2.45, 2.75) is 43.9 Å². The third-order valence-electron chi connectivity index (χ3n) is 8.46. The normalized spacial score (nSPS) is 24.3. The molecule has 4 aliphatic rings. The Bertz CT molecular complexity index is 1480. The van der Waals surface area contributed by atoms with Crippen LogP contribution in [0.25, 0.3) is 11.0 Å². The van der Waals surface area contributed by atoms with Crippen molar-refractivity contribution in [2.75, 3.05) is 29.9 Å². The van der Waals surface area contributed by atoms with Gasteiger partial charge < -0.3 is 25.4 Å². The Morgan fingerprint density at radius 1 is 1.20 bits per heavy atom. The number of fused-ring (bicyclic) bond motifs is 2. The number of amides is 1. The molecular weight excluding hydrogens is 588 g/mol. The molecule has 2 bridgehead atoms. The maximum atomic E-state index is 13.4. The van der Waals surface area contributed by atoms with E-state index in [0.717, 1.165) is 19.4 Å². The van der Waals surface area contributed by atoms with Crippen molar-refractivity contribution in [1.29, 1.82) is 0 Å². The van der Waals surface area contributed by atoms with E-state index in [9.17, 15) is 18.0 Å². The van der Waals surface area contributed by atoms with E-state index in [1.165, 1.54) is 0 Å². The van der Waals surface area contributed by atoms with Crippen LogP contribution in [0.1, 0.15) is 31.2 Å². The molecule has 1 aromatic heterocycles. The van der Waals surface area contributed by atoms with Gasteiger partial charge in [0.05, 0.1) is 48.9 Å². The molecule has 40 heavy (non-hydrogen) atoms. The molecule has 1 saturated carbocycles. The topological polar surface area (TPSA) is 74.2 Å². The predicted molar refractivity (Wildman–Crippen MR) is 152 cm³/mol. The zero-order chi connectivity index (χ0) is 28.4. The van der Waals surface area contributed by atoms with Crippen LogP contribution in [0, 0.1) is 11.8 Å². The first-order valence-corrected chi connectivity index (χ1v) is 14.3. The van der Waals surface area contributed by atoms with Crippen LogP contribution in [0.15, 0.2) is 24.3 Å². The van der Waals surface area contributed by atoms with Crippen molar-refractivity contribution in [3.63, 3.8) is 0 Å². The number of carbonyl (C=O) groups is 1. The van der Waals surface area contributed by atoms with Gasteiger partial charge in [-0.05, 0) is 61.9 Å². The highest BCUT2D eigenvalue weighted by Crippen LogP contribution is 2.44. The Kier molecular flexibility index (Phi) is 7.04. The van der Waals surface area contributed by atoms with Gasteiger partial charge in [-0.2, -0.15) is 13.2 Å². The van der Waals surface area contributed by atoms with E-state index < -0.39 is 17.6 Å². The van der Waals surface area contributed by atoms with Gasteiger partial charge in [0.25, 0.3) is 0 Å². The van der Waals surface area contributed by atoms with E-state index in [0.29, 0.717) is 67.9 Å².